The van der Waals surface area contributed by atoms with Crippen LogP contribution in [-0.4, -0.2) is 22.4 Å². The molecule has 0 fully saturated rings. The molecule has 0 aliphatic carbocycles. The van der Waals surface area contributed by atoms with E-state index in [1.807, 2.05) is 103 Å². The van der Waals surface area contributed by atoms with Crippen LogP contribution in [0.15, 0.2) is 109 Å². The zero-order valence-corrected chi connectivity index (χ0v) is 20.5. The summed E-state index contributed by atoms with van der Waals surface area (Å²) in [5, 5.41) is 3.30. The highest BCUT2D eigenvalue weighted by atomic mass is 16.5. The van der Waals surface area contributed by atoms with Gasteiger partial charge in [0.15, 0.2) is 0 Å². The van der Waals surface area contributed by atoms with Crippen LogP contribution >= 0.6 is 0 Å². The average Bonchev–Trinajstić information content (AvgIpc) is 3.37. The van der Waals surface area contributed by atoms with Gasteiger partial charge in [-0.2, -0.15) is 0 Å². The molecular weight excluding hydrogens is 446 g/mol. The number of benzene rings is 3. The number of aryl methyl sites for hydroxylation is 1. The van der Waals surface area contributed by atoms with Crippen molar-refractivity contribution in [1.29, 1.82) is 0 Å². The molecule has 1 atom stereocenters. The van der Waals surface area contributed by atoms with E-state index in [1.165, 1.54) is 0 Å². The second-order valence-electron chi connectivity index (χ2n) is 8.86. The van der Waals surface area contributed by atoms with Crippen LogP contribution in [0.25, 0.3) is 5.65 Å². The van der Waals surface area contributed by atoms with Crippen LogP contribution in [0.1, 0.15) is 46.5 Å². The van der Waals surface area contributed by atoms with E-state index in [1.54, 1.807) is 7.11 Å². The zero-order chi connectivity index (χ0) is 24.9. The first-order chi connectivity index (χ1) is 17.7. The number of fused-ring (bicyclic) bond motifs is 1. The van der Waals surface area contributed by atoms with Gasteiger partial charge >= 0.3 is 0 Å². The van der Waals surface area contributed by atoms with Crippen molar-refractivity contribution in [2.24, 2.45) is 0 Å². The summed E-state index contributed by atoms with van der Waals surface area (Å²) in [4.78, 5) is 18.4. The van der Waals surface area contributed by atoms with E-state index in [0.717, 1.165) is 39.5 Å². The van der Waals surface area contributed by atoms with Crippen molar-refractivity contribution in [2.45, 2.75) is 25.3 Å². The van der Waals surface area contributed by atoms with Gasteiger partial charge in [-0.25, -0.2) is 4.98 Å². The van der Waals surface area contributed by atoms with Crippen LogP contribution in [0.5, 0.6) is 5.75 Å². The molecule has 0 aliphatic rings. The molecule has 5 heteroatoms. The molecular formula is C31H29N3O2. The van der Waals surface area contributed by atoms with E-state index in [-0.39, 0.29) is 24.3 Å². The monoisotopic (exact) mass is 475 g/mol. The number of rotatable bonds is 8. The Balaban J connectivity index is 1.53. The number of hydrogen-bond acceptors (Lipinski definition) is 3. The van der Waals surface area contributed by atoms with Crippen LogP contribution in [0.2, 0.25) is 0 Å². The highest BCUT2D eigenvalue weighted by Gasteiger charge is 2.27. The number of aromatic nitrogens is 2. The molecule has 1 unspecified atom stereocenters. The summed E-state index contributed by atoms with van der Waals surface area (Å²) in [6.45, 7) is 2.05. The highest BCUT2D eigenvalue weighted by Crippen LogP contribution is 2.35. The summed E-state index contributed by atoms with van der Waals surface area (Å²) in [5.41, 5.74) is 5.91. The number of methoxy groups -OCH3 is 1. The molecule has 3 aromatic carbocycles. The van der Waals surface area contributed by atoms with E-state index in [2.05, 4.69) is 27.7 Å². The Labute approximate surface area is 211 Å². The van der Waals surface area contributed by atoms with E-state index >= 15 is 0 Å². The molecule has 5 rings (SSSR count). The quantitative estimate of drug-likeness (QED) is 0.296. The summed E-state index contributed by atoms with van der Waals surface area (Å²) in [5.74, 6) is 0.457. The second-order valence-corrected chi connectivity index (χ2v) is 8.86. The molecule has 0 aliphatic heterocycles. The summed E-state index contributed by atoms with van der Waals surface area (Å²) in [7, 11) is 1.66. The summed E-state index contributed by atoms with van der Waals surface area (Å²) in [6, 6.07) is 33.8. The van der Waals surface area contributed by atoms with Gasteiger partial charge in [0, 0.05) is 29.8 Å². The van der Waals surface area contributed by atoms with Gasteiger partial charge in [-0.1, -0.05) is 84.9 Å². The van der Waals surface area contributed by atoms with Crippen molar-refractivity contribution in [3.8, 4) is 5.75 Å². The van der Waals surface area contributed by atoms with Gasteiger partial charge < -0.3 is 14.5 Å². The van der Waals surface area contributed by atoms with Gasteiger partial charge in [0.05, 0.1) is 18.8 Å². The molecule has 0 saturated heterocycles. The van der Waals surface area contributed by atoms with Gasteiger partial charge in [0.25, 0.3) is 0 Å². The number of carbonyl (C=O) groups is 1. The summed E-state index contributed by atoms with van der Waals surface area (Å²) >= 11 is 0. The first-order valence-electron chi connectivity index (χ1n) is 12.1. The SMILES string of the molecule is COc1ccccc1C(CC(=O)NC(c1ccccc1)c1ccccc1)c1cnc2cccc(C)n12. The van der Waals surface area contributed by atoms with Crippen LogP contribution < -0.4 is 10.1 Å². The Morgan fingerprint density at radius 2 is 1.50 bits per heavy atom. The lowest BCUT2D eigenvalue weighted by Crippen LogP contribution is -2.31. The second kappa shape index (κ2) is 10.5. The zero-order valence-electron chi connectivity index (χ0n) is 20.5. The van der Waals surface area contributed by atoms with E-state index < -0.39 is 0 Å². The Hall–Kier alpha value is -4.38. The Kier molecular flexibility index (Phi) is 6.80. The molecule has 180 valence electrons. The maximum atomic E-state index is 13.7. The number of hydrogen-bond donors (Lipinski definition) is 1. The van der Waals surface area contributed by atoms with Gasteiger partial charge in [-0.05, 0) is 36.2 Å². The minimum absolute atomic E-state index is 0.0489. The predicted octanol–water partition coefficient (Wildman–Crippen LogP) is 6.08. The van der Waals surface area contributed by atoms with Crippen LogP contribution in [0.3, 0.4) is 0 Å². The average molecular weight is 476 g/mol. The van der Waals surface area contributed by atoms with Crippen molar-refractivity contribution in [3.63, 3.8) is 0 Å². The normalized spacial score (nSPS) is 12.0. The maximum absolute atomic E-state index is 13.7. The molecule has 0 saturated carbocycles. The lowest BCUT2D eigenvalue weighted by molar-refractivity contribution is -0.121. The van der Waals surface area contributed by atoms with Crippen molar-refractivity contribution in [3.05, 3.63) is 137 Å². The standard InChI is InChI=1S/C31H29N3O2/c1-22-12-11-19-29-32-21-27(34(22)29)26(25-17-9-10-18-28(25)36-2)20-30(35)33-31(23-13-5-3-6-14-23)24-15-7-4-8-16-24/h3-19,21,26,31H,20H2,1-2H3,(H,33,35). The van der Waals surface area contributed by atoms with Gasteiger partial charge in [0.2, 0.25) is 5.91 Å². The predicted molar refractivity (Wildman–Crippen MR) is 142 cm³/mol. The molecule has 0 radical (unpaired) electrons. The number of nitrogens with zero attached hydrogens (tertiary/aromatic N) is 2. The fourth-order valence-corrected chi connectivity index (χ4v) is 4.86. The minimum atomic E-state index is -0.248. The van der Waals surface area contributed by atoms with Crippen molar-refractivity contribution in [1.82, 2.24) is 14.7 Å². The van der Waals surface area contributed by atoms with E-state index in [4.69, 9.17) is 4.74 Å². The molecule has 5 aromatic rings. The van der Waals surface area contributed by atoms with Crippen LogP contribution in [-0.2, 0) is 4.79 Å². The Bertz CT molecular complexity index is 1420. The lowest BCUT2D eigenvalue weighted by atomic mass is 9.90. The molecule has 5 nitrogen and oxygen atoms in total. The fourth-order valence-electron chi connectivity index (χ4n) is 4.86. The molecule has 0 bridgehead atoms. The number of amides is 1. The first-order valence-corrected chi connectivity index (χ1v) is 12.1. The largest absolute Gasteiger partial charge is 0.496 e. The van der Waals surface area contributed by atoms with Crippen molar-refractivity contribution < 1.29 is 9.53 Å². The van der Waals surface area contributed by atoms with E-state index in [9.17, 15) is 4.79 Å². The Morgan fingerprint density at radius 3 is 2.17 bits per heavy atom. The minimum Gasteiger partial charge on any atom is -0.496 e. The molecule has 36 heavy (non-hydrogen) atoms. The fraction of sp³-hybridized carbons (Fsp3) is 0.161. The summed E-state index contributed by atoms with van der Waals surface area (Å²) < 4.78 is 7.83. The lowest BCUT2D eigenvalue weighted by Gasteiger charge is -2.23. The number of para-hydroxylation sites is 1. The van der Waals surface area contributed by atoms with Gasteiger partial charge in [-0.3, -0.25) is 4.79 Å². The van der Waals surface area contributed by atoms with Crippen molar-refractivity contribution in [2.75, 3.05) is 7.11 Å². The molecule has 1 N–H and O–H groups in total. The maximum Gasteiger partial charge on any atom is 0.221 e. The smallest absolute Gasteiger partial charge is 0.221 e. The number of nitrogens with one attached hydrogen (secondary N) is 1. The molecule has 2 heterocycles. The molecule has 2 aromatic heterocycles. The molecule has 1 amide bonds. The number of ether oxygens (including phenoxy) is 1. The van der Waals surface area contributed by atoms with E-state index in [0.29, 0.717) is 0 Å². The van der Waals surface area contributed by atoms with Crippen LogP contribution in [0, 0.1) is 6.92 Å². The van der Waals surface area contributed by atoms with Crippen LogP contribution in [0.4, 0.5) is 0 Å². The third-order valence-electron chi connectivity index (χ3n) is 6.58. The summed E-state index contributed by atoms with van der Waals surface area (Å²) in [6.07, 6.45) is 2.12. The third-order valence-corrected chi connectivity index (χ3v) is 6.58. The number of imidazole rings is 1. The Morgan fingerprint density at radius 1 is 0.861 bits per heavy atom. The molecule has 0 spiro atoms. The number of pyridine rings is 1. The highest BCUT2D eigenvalue weighted by molar-refractivity contribution is 5.79. The third kappa shape index (κ3) is 4.73. The van der Waals surface area contributed by atoms with Gasteiger partial charge in [0.1, 0.15) is 11.4 Å². The first kappa shape index (κ1) is 23.4. The van der Waals surface area contributed by atoms with Gasteiger partial charge in [-0.15, -0.1) is 0 Å². The number of carbonyl (C=O) groups excluding carboxylic acids is 1. The van der Waals surface area contributed by atoms with Crippen molar-refractivity contribution >= 4 is 11.6 Å². The topological polar surface area (TPSA) is 55.6 Å².